The zero-order valence-electron chi connectivity index (χ0n) is 17.0. The first-order valence-corrected chi connectivity index (χ1v) is 11.1. The van der Waals surface area contributed by atoms with Gasteiger partial charge in [-0.1, -0.05) is 42.5 Å². The van der Waals surface area contributed by atoms with Gasteiger partial charge in [0.25, 0.3) is 0 Å². The zero-order valence-corrected chi connectivity index (χ0v) is 17.8. The van der Waals surface area contributed by atoms with Crippen molar-refractivity contribution in [3.8, 4) is 0 Å². The average molecular weight is 420 g/mol. The Morgan fingerprint density at radius 2 is 1.80 bits per heavy atom. The van der Waals surface area contributed by atoms with E-state index in [-0.39, 0.29) is 17.6 Å². The Kier molecular flexibility index (Phi) is 6.35. The molecule has 3 aromatic rings. The van der Waals surface area contributed by atoms with Crippen LogP contribution in [0.3, 0.4) is 0 Å². The molecule has 2 heterocycles. The van der Waals surface area contributed by atoms with Crippen molar-refractivity contribution in [3.63, 3.8) is 0 Å². The SMILES string of the molecule is Cc1nc(CN2CCC(C(=O)Nc3cccc(C(=O)c4ccccc4)c3)CC2)cs1. The van der Waals surface area contributed by atoms with Gasteiger partial charge in [-0.05, 0) is 45.0 Å². The second-order valence-electron chi connectivity index (χ2n) is 7.67. The van der Waals surface area contributed by atoms with Gasteiger partial charge in [-0.3, -0.25) is 14.5 Å². The highest BCUT2D eigenvalue weighted by Gasteiger charge is 2.25. The van der Waals surface area contributed by atoms with Crippen molar-refractivity contribution in [2.24, 2.45) is 5.92 Å². The van der Waals surface area contributed by atoms with Crippen LogP contribution in [0.25, 0.3) is 0 Å². The first kappa shape index (κ1) is 20.4. The van der Waals surface area contributed by atoms with Crippen LogP contribution in [0.1, 0.15) is 39.5 Å². The highest BCUT2D eigenvalue weighted by Crippen LogP contribution is 2.22. The fraction of sp³-hybridized carbons (Fsp3) is 0.292. The topological polar surface area (TPSA) is 62.3 Å². The molecule has 1 aromatic heterocycles. The lowest BCUT2D eigenvalue weighted by atomic mass is 9.95. The number of piperidine rings is 1. The maximum Gasteiger partial charge on any atom is 0.227 e. The molecule has 0 aliphatic carbocycles. The number of carbonyl (C=O) groups is 2. The van der Waals surface area contributed by atoms with E-state index in [1.807, 2.05) is 37.3 Å². The minimum atomic E-state index is -0.0442. The van der Waals surface area contributed by atoms with Crippen molar-refractivity contribution in [1.82, 2.24) is 9.88 Å². The molecule has 154 valence electrons. The van der Waals surface area contributed by atoms with Crippen LogP contribution in [0, 0.1) is 12.8 Å². The summed E-state index contributed by atoms with van der Waals surface area (Å²) in [5, 5.41) is 6.20. The standard InChI is InChI=1S/C24H25N3O2S/c1-17-25-22(16-30-17)15-27-12-10-19(11-13-27)24(29)26-21-9-5-8-20(14-21)23(28)18-6-3-2-4-7-18/h2-9,14,16,19H,10-13,15H2,1H3,(H,26,29). The first-order valence-electron chi connectivity index (χ1n) is 10.2. The molecule has 1 amide bonds. The Balaban J connectivity index is 1.33. The van der Waals surface area contributed by atoms with E-state index in [0.29, 0.717) is 16.8 Å². The number of rotatable bonds is 6. The third-order valence-electron chi connectivity index (χ3n) is 5.44. The number of aryl methyl sites for hydroxylation is 1. The van der Waals surface area contributed by atoms with E-state index in [0.717, 1.165) is 43.2 Å². The zero-order chi connectivity index (χ0) is 20.9. The first-order chi connectivity index (χ1) is 14.6. The highest BCUT2D eigenvalue weighted by atomic mass is 32.1. The Morgan fingerprint density at radius 3 is 2.50 bits per heavy atom. The van der Waals surface area contributed by atoms with E-state index in [1.54, 1.807) is 35.6 Å². The Labute approximate surface area is 180 Å². The van der Waals surface area contributed by atoms with Gasteiger partial charge in [0, 0.05) is 34.7 Å². The summed E-state index contributed by atoms with van der Waals surface area (Å²) in [6, 6.07) is 16.4. The summed E-state index contributed by atoms with van der Waals surface area (Å²) in [5.41, 5.74) is 3.00. The Hall–Kier alpha value is -2.83. The fourth-order valence-corrected chi connectivity index (χ4v) is 4.41. The molecule has 1 fully saturated rings. The molecule has 0 radical (unpaired) electrons. The third-order valence-corrected chi connectivity index (χ3v) is 6.26. The van der Waals surface area contributed by atoms with E-state index >= 15 is 0 Å². The van der Waals surface area contributed by atoms with Crippen LogP contribution in [-0.2, 0) is 11.3 Å². The molecule has 6 heteroatoms. The molecule has 1 aliphatic heterocycles. The number of amides is 1. The number of carbonyl (C=O) groups excluding carboxylic acids is 2. The molecule has 1 aliphatic rings. The van der Waals surface area contributed by atoms with Crippen molar-refractivity contribution < 1.29 is 9.59 Å². The predicted molar refractivity (Wildman–Crippen MR) is 120 cm³/mol. The molecule has 0 atom stereocenters. The highest BCUT2D eigenvalue weighted by molar-refractivity contribution is 7.09. The molecule has 5 nitrogen and oxygen atoms in total. The Bertz CT molecular complexity index is 1020. The minimum Gasteiger partial charge on any atom is -0.326 e. The maximum atomic E-state index is 12.8. The van der Waals surface area contributed by atoms with Crippen molar-refractivity contribution in [3.05, 3.63) is 81.8 Å². The summed E-state index contributed by atoms with van der Waals surface area (Å²) in [7, 11) is 0. The van der Waals surface area contributed by atoms with Gasteiger partial charge in [0.05, 0.1) is 10.7 Å². The van der Waals surface area contributed by atoms with Crippen LogP contribution in [0.5, 0.6) is 0 Å². The van der Waals surface area contributed by atoms with Crippen molar-refractivity contribution in [2.45, 2.75) is 26.3 Å². The average Bonchev–Trinajstić information content (AvgIpc) is 3.19. The normalized spacial score (nSPS) is 15.1. The number of hydrogen-bond donors (Lipinski definition) is 1. The largest absolute Gasteiger partial charge is 0.326 e. The van der Waals surface area contributed by atoms with Crippen molar-refractivity contribution in [2.75, 3.05) is 18.4 Å². The molecule has 0 saturated carbocycles. The molecule has 0 spiro atoms. The second kappa shape index (κ2) is 9.32. The smallest absolute Gasteiger partial charge is 0.227 e. The lowest BCUT2D eigenvalue weighted by Crippen LogP contribution is -2.37. The number of nitrogens with one attached hydrogen (secondary N) is 1. The van der Waals surface area contributed by atoms with Gasteiger partial charge >= 0.3 is 0 Å². The van der Waals surface area contributed by atoms with Crippen molar-refractivity contribution in [1.29, 1.82) is 0 Å². The number of thiazole rings is 1. The molecule has 2 aromatic carbocycles. The second-order valence-corrected chi connectivity index (χ2v) is 8.74. The number of likely N-dealkylation sites (tertiary alicyclic amines) is 1. The van der Waals surface area contributed by atoms with Gasteiger partial charge in [-0.15, -0.1) is 11.3 Å². The van der Waals surface area contributed by atoms with Gasteiger partial charge in [-0.25, -0.2) is 4.98 Å². The number of benzene rings is 2. The number of ketones is 1. The summed E-state index contributed by atoms with van der Waals surface area (Å²) >= 11 is 1.68. The van der Waals surface area contributed by atoms with Gasteiger partial charge in [0.2, 0.25) is 5.91 Å². The van der Waals surface area contributed by atoms with E-state index in [1.165, 1.54) is 0 Å². The van der Waals surface area contributed by atoms with E-state index < -0.39 is 0 Å². The molecule has 1 saturated heterocycles. The van der Waals surface area contributed by atoms with Crippen LogP contribution in [0.4, 0.5) is 5.69 Å². The molecule has 4 rings (SSSR count). The van der Waals surface area contributed by atoms with Crippen molar-refractivity contribution >= 4 is 28.7 Å². The number of aromatic nitrogens is 1. The summed E-state index contributed by atoms with van der Waals surface area (Å²) in [6.45, 7) is 4.65. The number of anilines is 1. The summed E-state index contributed by atoms with van der Waals surface area (Å²) in [5.74, 6) is -0.0207. The lowest BCUT2D eigenvalue weighted by molar-refractivity contribution is -0.121. The molecule has 1 N–H and O–H groups in total. The summed E-state index contributed by atoms with van der Waals surface area (Å²) < 4.78 is 0. The quantitative estimate of drug-likeness (QED) is 0.596. The third kappa shape index (κ3) is 5.01. The van der Waals surface area contributed by atoms with Crippen LogP contribution >= 0.6 is 11.3 Å². The van der Waals surface area contributed by atoms with Gasteiger partial charge in [0.15, 0.2) is 5.78 Å². The van der Waals surface area contributed by atoms with E-state index in [9.17, 15) is 9.59 Å². The van der Waals surface area contributed by atoms with Crippen LogP contribution in [-0.4, -0.2) is 34.7 Å². The van der Waals surface area contributed by atoms with Crippen LogP contribution in [0.2, 0.25) is 0 Å². The van der Waals surface area contributed by atoms with Gasteiger partial charge in [0.1, 0.15) is 0 Å². The summed E-state index contributed by atoms with van der Waals surface area (Å²) in [4.78, 5) is 32.3. The van der Waals surface area contributed by atoms with E-state index in [2.05, 4.69) is 20.6 Å². The summed E-state index contributed by atoms with van der Waals surface area (Å²) in [6.07, 6.45) is 1.66. The number of nitrogens with zero attached hydrogens (tertiary/aromatic N) is 2. The fourth-order valence-electron chi connectivity index (χ4n) is 3.80. The van der Waals surface area contributed by atoms with Crippen LogP contribution < -0.4 is 5.32 Å². The molecular formula is C24H25N3O2S. The monoisotopic (exact) mass is 419 g/mol. The Morgan fingerprint density at radius 1 is 1.07 bits per heavy atom. The molecule has 30 heavy (non-hydrogen) atoms. The minimum absolute atomic E-state index is 0.00750. The molecule has 0 bridgehead atoms. The maximum absolute atomic E-state index is 12.8. The van der Waals surface area contributed by atoms with E-state index in [4.69, 9.17) is 0 Å². The number of hydrogen-bond acceptors (Lipinski definition) is 5. The predicted octanol–water partition coefficient (Wildman–Crippen LogP) is 4.53. The van der Waals surface area contributed by atoms with Gasteiger partial charge in [-0.2, -0.15) is 0 Å². The van der Waals surface area contributed by atoms with Gasteiger partial charge < -0.3 is 5.32 Å². The van der Waals surface area contributed by atoms with Crippen LogP contribution in [0.15, 0.2) is 60.0 Å². The lowest BCUT2D eigenvalue weighted by Gasteiger charge is -2.30. The molecule has 0 unspecified atom stereocenters. The molecular weight excluding hydrogens is 394 g/mol.